The Morgan fingerprint density at radius 3 is 2.57 bits per heavy atom. The van der Waals surface area contributed by atoms with Gasteiger partial charge in [0.1, 0.15) is 5.75 Å². The molecule has 1 amide bonds. The van der Waals surface area contributed by atoms with Crippen molar-refractivity contribution >= 4 is 5.91 Å². The van der Waals surface area contributed by atoms with Crippen LogP contribution >= 0.6 is 0 Å². The van der Waals surface area contributed by atoms with Gasteiger partial charge < -0.3 is 15.8 Å². The van der Waals surface area contributed by atoms with Gasteiger partial charge in [-0.15, -0.1) is 0 Å². The summed E-state index contributed by atoms with van der Waals surface area (Å²) >= 11 is 0. The van der Waals surface area contributed by atoms with E-state index in [9.17, 15) is 4.79 Å². The molecule has 2 rings (SSSR count). The first-order valence-electron chi connectivity index (χ1n) is 7.89. The lowest BCUT2D eigenvalue weighted by atomic mass is 9.95. The lowest BCUT2D eigenvalue weighted by Crippen LogP contribution is -2.43. The second kappa shape index (κ2) is 7.46. The normalized spacial score (nSPS) is 18.8. The Bertz CT molecular complexity index is 468. The number of nitrogens with one attached hydrogen (secondary N) is 1. The molecule has 116 valence electrons. The third-order valence-corrected chi connectivity index (χ3v) is 4.03. The van der Waals surface area contributed by atoms with E-state index in [1.165, 1.54) is 19.3 Å². The monoisotopic (exact) mass is 290 g/mol. The van der Waals surface area contributed by atoms with Gasteiger partial charge in [0.05, 0.1) is 0 Å². The number of para-hydroxylation sites is 1. The van der Waals surface area contributed by atoms with Crippen LogP contribution in [0.1, 0.15) is 57.6 Å². The molecule has 3 N–H and O–H groups in total. The number of amides is 1. The molecule has 1 aromatic carbocycles. The molecule has 1 aliphatic carbocycles. The number of benzene rings is 1. The molecule has 0 aliphatic heterocycles. The lowest BCUT2D eigenvalue weighted by Gasteiger charge is -2.25. The van der Waals surface area contributed by atoms with Crippen molar-refractivity contribution in [3.8, 4) is 5.75 Å². The lowest BCUT2D eigenvalue weighted by molar-refractivity contribution is -0.128. The highest BCUT2D eigenvalue weighted by atomic mass is 16.5. The summed E-state index contributed by atoms with van der Waals surface area (Å²) in [6.45, 7) is 3.70. The van der Waals surface area contributed by atoms with Gasteiger partial charge >= 0.3 is 0 Å². The third kappa shape index (κ3) is 4.46. The standard InChI is InChI=1S/C17H26N2O2/c1-12(18)15-10-6-7-11-16(15)21-13(2)17(20)19-14-8-4-3-5-9-14/h6-7,10-14H,3-5,8-9,18H2,1-2H3,(H,19,20)/t12-,13?/m0/s1. The Kier molecular flexibility index (Phi) is 5.62. The van der Waals surface area contributed by atoms with E-state index in [2.05, 4.69) is 5.32 Å². The maximum absolute atomic E-state index is 12.2. The average molecular weight is 290 g/mol. The number of hydrogen-bond donors (Lipinski definition) is 2. The Hall–Kier alpha value is -1.55. The number of nitrogens with two attached hydrogens (primary N) is 1. The van der Waals surface area contributed by atoms with Gasteiger partial charge in [-0.3, -0.25) is 4.79 Å². The molecule has 1 saturated carbocycles. The Balaban J connectivity index is 1.94. The van der Waals surface area contributed by atoms with Crippen LogP contribution in [0.3, 0.4) is 0 Å². The highest BCUT2D eigenvalue weighted by molar-refractivity contribution is 5.81. The zero-order valence-electron chi connectivity index (χ0n) is 13.0. The summed E-state index contributed by atoms with van der Waals surface area (Å²) in [4.78, 5) is 12.2. The molecule has 0 saturated heterocycles. The van der Waals surface area contributed by atoms with Gasteiger partial charge in [0.25, 0.3) is 5.91 Å². The van der Waals surface area contributed by atoms with Crippen molar-refractivity contribution in [2.75, 3.05) is 0 Å². The van der Waals surface area contributed by atoms with E-state index < -0.39 is 6.10 Å². The number of carbonyl (C=O) groups is 1. The Labute approximate surface area is 127 Å². The molecule has 0 heterocycles. The van der Waals surface area contributed by atoms with E-state index in [1.54, 1.807) is 6.92 Å². The quantitative estimate of drug-likeness (QED) is 0.876. The van der Waals surface area contributed by atoms with Crippen molar-refractivity contribution in [3.05, 3.63) is 29.8 Å². The van der Waals surface area contributed by atoms with Crippen molar-refractivity contribution in [3.63, 3.8) is 0 Å². The molecular weight excluding hydrogens is 264 g/mol. The van der Waals surface area contributed by atoms with Crippen molar-refractivity contribution < 1.29 is 9.53 Å². The third-order valence-electron chi connectivity index (χ3n) is 4.03. The summed E-state index contributed by atoms with van der Waals surface area (Å²) in [6, 6.07) is 7.82. The summed E-state index contributed by atoms with van der Waals surface area (Å²) in [5.74, 6) is 0.653. The van der Waals surface area contributed by atoms with E-state index in [1.807, 2.05) is 31.2 Å². The summed E-state index contributed by atoms with van der Waals surface area (Å²) in [7, 11) is 0. The second-order valence-corrected chi connectivity index (χ2v) is 5.93. The minimum absolute atomic E-state index is 0.0404. The number of rotatable bonds is 5. The van der Waals surface area contributed by atoms with Gasteiger partial charge in [0.2, 0.25) is 0 Å². The first kappa shape index (κ1) is 15.8. The van der Waals surface area contributed by atoms with Crippen LogP contribution in [0.15, 0.2) is 24.3 Å². The fourth-order valence-electron chi connectivity index (χ4n) is 2.77. The molecular formula is C17H26N2O2. The first-order valence-corrected chi connectivity index (χ1v) is 7.89. The molecule has 0 bridgehead atoms. The van der Waals surface area contributed by atoms with Crippen LogP contribution in [-0.4, -0.2) is 18.1 Å². The number of carbonyl (C=O) groups excluding carboxylic acids is 1. The number of hydrogen-bond acceptors (Lipinski definition) is 3. The molecule has 1 fully saturated rings. The molecule has 0 radical (unpaired) electrons. The van der Waals surface area contributed by atoms with Crippen molar-refractivity contribution in [1.29, 1.82) is 0 Å². The SMILES string of the molecule is CC(Oc1ccccc1[C@H](C)N)C(=O)NC1CCCCC1. The van der Waals surface area contributed by atoms with Crippen LogP contribution < -0.4 is 15.8 Å². The zero-order valence-corrected chi connectivity index (χ0v) is 13.0. The minimum Gasteiger partial charge on any atom is -0.481 e. The molecule has 1 aromatic rings. The van der Waals surface area contributed by atoms with Gasteiger partial charge in [-0.25, -0.2) is 0 Å². The minimum atomic E-state index is -0.508. The van der Waals surface area contributed by atoms with Crippen LogP contribution in [0.4, 0.5) is 0 Å². The Morgan fingerprint density at radius 2 is 1.90 bits per heavy atom. The zero-order chi connectivity index (χ0) is 15.2. The summed E-state index contributed by atoms with van der Waals surface area (Å²) in [6.07, 6.45) is 5.33. The highest BCUT2D eigenvalue weighted by Gasteiger charge is 2.21. The van der Waals surface area contributed by atoms with E-state index in [0.29, 0.717) is 11.8 Å². The smallest absolute Gasteiger partial charge is 0.260 e. The van der Waals surface area contributed by atoms with E-state index >= 15 is 0 Å². The average Bonchev–Trinajstić information content (AvgIpc) is 2.48. The summed E-state index contributed by atoms with van der Waals surface area (Å²) < 4.78 is 5.82. The fourth-order valence-corrected chi connectivity index (χ4v) is 2.77. The molecule has 1 aliphatic rings. The number of ether oxygens (including phenoxy) is 1. The highest BCUT2D eigenvalue weighted by Crippen LogP contribution is 2.24. The predicted molar refractivity (Wildman–Crippen MR) is 84.2 cm³/mol. The van der Waals surface area contributed by atoms with Crippen molar-refractivity contribution in [2.45, 2.75) is 64.1 Å². The summed E-state index contributed by atoms with van der Waals surface area (Å²) in [5.41, 5.74) is 6.86. The molecule has 4 nitrogen and oxygen atoms in total. The summed E-state index contributed by atoms with van der Waals surface area (Å²) in [5, 5.41) is 3.09. The first-order chi connectivity index (χ1) is 10.1. The topological polar surface area (TPSA) is 64.3 Å². The molecule has 0 aromatic heterocycles. The van der Waals surface area contributed by atoms with Gasteiger partial charge in [-0.2, -0.15) is 0 Å². The molecule has 4 heteroatoms. The van der Waals surface area contributed by atoms with E-state index in [-0.39, 0.29) is 11.9 Å². The maximum Gasteiger partial charge on any atom is 0.260 e. The maximum atomic E-state index is 12.2. The van der Waals surface area contributed by atoms with Gasteiger partial charge in [0.15, 0.2) is 6.10 Å². The van der Waals surface area contributed by atoms with Crippen LogP contribution in [0, 0.1) is 0 Å². The van der Waals surface area contributed by atoms with Crippen LogP contribution in [0.25, 0.3) is 0 Å². The van der Waals surface area contributed by atoms with Crippen LogP contribution in [-0.2, 0) is 4.79 Å². The van der Waals surface area contributed by atoms with E-state index in [4.69, 9.17) is 10.5 Å². The molecule has 1 unspecified atom stereocenters. The fraction of sp³-hybridized carbons (Fsp3) is 0.588. The van der Waals surface area contributed by atoms with Crippen LogP contribution in [0.2, 0.25) is 0 Å². The largest absolute Gasteiger partial charge is 0.481 e. The molecule has 21 heavy (non-hydrogen) atoms. The molecule has 0 spiro atoms. The van der Waals surface area contributed by atoms with Gasteiger partial charge in [-0.05, 0) is 32.8 Å². The van der Waals surface area contributed by atoms with Gasteiger partial charge in [-0.1, -0.05) is 37.5 Å². The van der Waals surface area contributed by atoms with Crippen LogP contribution in [0.5, 0.6) is 5.75 Å². The van der Waals surface area contributed by atoms with E-state index in [0.717, 1.165) is 18.4 Å². The van der Waals surface area contributed by atoms with Crippen molar-refractivity contribution in [1.82, 2.24) is 5.32 Å². The second-order valence-electron chi connectivity index (χ2n) is 5.93. The molecule has 2 atom stereocenters. The van der Waals surface area contributed by atoms with Crippen molar-refractivity contribution in [2.24, 2.45) is 5.73 Å². The Morgan fingerprint density at radius 1 is 1.24 bits per heavy atom. The van der Waals surface area contributed by atoms with Gasteiger partial charge in [0, 0.05) is 17.6 Å². The predicted octanol–water partition coefficient (Wildman–Crippen LogP) is 2.92.